The molecule has 1 aromatic rings. The van der Waals surface area contributed by atoms with Gasteiger partial charge in [0, 0.05) is 14.1 Å². The normalized spacial score (nSPS) is 10.1. The summed E-state index contributed by atoms with van der Waals surface area (Å²) in [5.41, 5.74) is 8.84. The van der Waals surface area contributed by atoms with Crippen LogP contribution < -0.4 is 11.2 Å². The van der Waals surface area contributed by atoms with Gasteiger partial charge in [0.05, 0.1) is 12.4 Å². The topological polar surface area (TPSA) is 67.1 Å². The number of thiocarbonyl (C=S) groups is 1. The average molecular weight is 197 g/mol. The molecule has 1 aromatic heterocycles. The minimum Gasteiger partial charge on any atom is -0.388 e. The van der Waals surface area contributed by atoms with Gasteiger partial charge in [-0.05, 0) is 0 Å². The third kappa shape index (κ3) is 2.92. The fraction of sp³-hybridized carbons (Fsp3) is 0.286. The van der Waals surface area contributed by atoms with Crippen LogP contribution >= 0.6 is 12.2 Å². The third-order valence-electron chi connectivity index (χ3n) is 1.24. The van der Waals surface area contributed by atoms with Crippen LogP contribution in [0.4, 0.5) is 5.82 Å². The molecule has 70 valence electrons. The Labute approximate surface area is 81.9 Å². The summed E-state index contributed by atoms with van der Waals surface area (Å²) < 4.78 is 0. The molecule has 0 aliphatic carbocycles. The number of nitrogens with zero attached hydrogens (tertiary/aromatic N) is 3. The second-order valence-corrected chi connectivity index (χ2v) is 3.10. The van der Waals surface area contributed by atoms with Crippen molar-refractivity contribution in [3.63, 3.8) is 0 Å². The molecule has 0 radical (unpaired) electrons. The van der Waals surface area contributed by atoms with Gasteiger partial charge in [-0.2, -0.15) is 0 Å². The summed E-state index contributed by atoms with van der Waals surface area (Å²) in [6.07, 6.45) is 3.11. The molecule has 1 rings (SSSR count). The smallest absolute Gasteiger partial charge is 0.158 e. The first-order valence-corrected chi connectivity index (χ1v) is 4.06. The molecule has 6 heteroatoms. The molecule has 0 amide bonds. The summed E-state index contributed by atoms with van der Waals surface area (Å²) in [4.78, 5) is 8.32. The standard InChI is InChI=1S/C7H11N5S/c1-12(2)11-6-4-9-5(3-10-6)7(8)13/h3-4H,1-2H3,(H2,8,13)(H,10,11). The van der Waals surface area contributed by atoms with Crippen molar-refractivity contribution in [3.05, 3.63) is 18.1 Å². The first-order chi connectivity index (χ1) is 6.09. The molecule has 0 unspecified atom stereocenters. The zero-order valence-corrected chi connectivity index (χ0v) is 8.30. The van der Waals surface area contributed by atoms with Crippen LogP contribution in [-0.2, 0) is 0 Å². The highest BCUT2D eigenvalue weighted by Gasteiger charge is 1.99. The molecule has 0 aromatic carbocycles. The van der Waals surface area contributed by atoms with E-state index in [0.29, 0.717) is 11.5 Å². The van der Waals surface area contributed by atoms with Crippen molar-refractivity contribution in [1.82, 2.24) is 15.0 Å². The van der Waals surface area contributed by atoms with Crippen molar-refractivity contribution in [1.29, 1.82) is 0 Å². The van der Waals surface area contributed by atoms with E-state index in [1.807, 2.05) is 14.1 Å². The SMILES string of the molecule is CN(C)Nc1cnc(C(N)=S)cn1. The van der Waals surface area contributed by atoms with Crippen LogP contribution in [0.15, 0.2) is 12.4 Å². The second kappa shape index (κ2) is 4.11. The van der Waals surface area contributed by atoms with Crippen molar-refractivity contribution >= 4 is 23.0 Å². The molecule has 1 heterocycles. The van der Waals surface area contributed by atoms with Crippen LogP contribution in [0.1, 0.15) is 5.69 Å². The van der Waals surface area contributed by atoms with Gasteiger partial charge >= 0.3 is 0 Å². The molecule has 5 nitrogen and oxygen atoms in total. The molecule has 0 atom stereocenters. The van der Waals surface area contributed by atoms with Gasteiger partial charge in [-0.15, -0.1) is 0 Å². The van der Waals surface area contributed by atoms with Crippen molar-refractivity contribution in [3.8, 4) is 0 Å². The molecule has 0 aliphatic heterocycles. The number of hydrazine groups is 1. The maximum atomic E-state index is 5.36. The summed E-state index contributed by atoms with van der Waals surface area (Å²) in [6, 6.07) is 0. The van der Waals surface area contributed by atoms with E-state index < -0.39 is 0 Å². The Kier molecular flexibility index (Phi) is 3.10. The minimum absolute atomic E-state index is 0.254. The van der Waals surface area contributed by atoms with E-state index in [0.717, 1.165) is 0 Å². The number of hydrogen-bond donors (Lipinski definition) is 2. The predicted molar refractivity (Wildman–Crippen MR) is 55.2 cm³/mol. The Morgan fingerprint density at radius 2 is 2.15 bits per heavy atom. The summed E-state index contributed by atoms with van der Waals surface area (Å²) in [6.45, 7) is 0. The van der Waals surface area contributed by atoms with Gasteiger partial charge in [0.1, 0.15) is 10.7 Å². The van der Waals surface area contributed by atoms with Gasteiger partial charge in [-0.25, -0.2) is 15.0 Å². The molecule has 3 N–H and O–H groups in total. The zero-order valence-electron chi connectivity index (χ0n) is 7.48. The molecule has 0 bridgehead atoms. The van der Waals surface area contributed by atoms with E-state index in [1.54, 1.807) is 11.2 Å². The number of rotatable bonds is 3. The second-order valence-electron chi connectivity index (χ2n) is 2.66. The highest BCUT2D eigenvalue weighted by molar-refractivity contribution is 7.80. The molecule has 0 saturated carbocycles. The van der Waals surface area contributed by atoms with E-state index in [4.69, 9.17) is 18.0 Å². The highest BCUT2D eigenvalue weighted by atomic mass is 32.1. The van der Waals surface area contributed by atoms with Gasteiger partial charge in [-0.3, -0.25) is 0 Å². The molecule has 0 fully saturated rings. The number of nitrogens with two attached hydrogens (primary N) is 1. The fourth-order valence-corrected chi connectivity index (χ4v) is 0.848. The van der Waals surface area contributed by atoms with Crippen LogP contribution in [-0.4, -0.2) is 34.1 Å². The number of anilines is 1. The maximum Gasteiger partial charge on any atom is 0.158 e. The molecular weight excluding hydrogens is 186 g/mol. The lowest BCUT2D eigenvalue weighted by Crippen LogP contribution is -2.21. The Bertz CT molecular complexity index is 294. The minimum atomic E-state index is 0.254. The Hall–Kier alpha value is -1.27. The van der Waals surface area contributed by atoms with E-state index in [2.05, 4.69) is 15.4 Å². The molecule has 13 heavy (non-hydrogen) atoms. The molecule has 0 spiro atoms. The third-order valence-corrected chi connectivity index (χ3v) is 1.45. The van der Waals surface area contributed by atoms with Crippen molar-refractivity contribution in [2.24, 2.45) is 5.73 Å². The van der Waals surface area contributed by atoms with E-state index in [1.165, 1.54) is 6.20 Å². The lowest BCUT2D eigenvalue weighted by molar-refractivity contribution is 0.492. The Balaban J connectivity index is 2.75. The summed E-state index contributed by atoms with van der Waals surface area (Å²) in [7, 11) is 3.73. The van der Waals surface area contributed by atoms with Crippen molar-refractivity contribution in [2.45, 2.75) is 0 Å². The largest absolute Gasteiger partial charge is 0.388 e. The first-order valence-electron chi connectivity index (χ1n) is 3.65. The van der Waals surface area contributed by atoms with Gasteiger partial charge in [0.15, 0.2) is 5.82 Å². The van der Waals surface area contributed by atoms with Crippen molar-refractivity contribution < 1.29 is 0 Å². The van der Waals surface area contributed by atoms with Crippen LogP contribution in [0.5, 0.6) is 0 Å². The summed E-state index contributed by atoms with van der Waals surface area (Å²) in [5.74, 6) is 0.657. The van der Waals surface area contributed by atoms with Crippen LogP contribution in [0.2, 0.25) is 0 Å². The van der Waals surface area contributed by atoms with Gasteiger partial charge in [-0.1, -0.05) is 12.2 Å². The molecule has 0 aliphatic rings. The van der Waals surface area contributed by atoms with E-state index in [-0.39, 0.29) is 4.99 Å². The maximum absolute atomic E-state index is 5.36. The lowest BCUT2D eigenvalue weighted by Gasteiger charge is -2.11. The zero-order chi connectivity index (χ0) is 9.84. The van der Waals surface area contributed by atoms with E-state index >= 15 is 0 Å². The number of hydrogen-bond acceptors (Lipinski definition) is 5. The number of aromatic nitrogens is 2. The van der Waals surface area contributed by atoms with E-state index in [9.17, 15) is 0 Å². The van der Waals surface area contributed by atoms with Gasteiger partial charge in [0.25, 0.3) is 0 Å². The summed E-state index contributed by atoms with van der Waals surface area (Å²) in [5, 5.41) is 1.77. The monoisotopic (exact) mass is 197 g/mol. The lowest BCUT2D eigenvalue weighted by atomic mass is 10.4. The van der Waals surface area contributed by atoms with Crippen LogP contribution in [0.3, 0.4) is 0 Å². The van der Waals surface area contributed by atoms with Gasteiger partial charge < -0.3 is 11.2 Å². The Morgan fingerprint density at radius 3 is 2.54 bits per heavy atom. The van der Waals surface area contributed by atoms with Crippen LogP contribution in [0.25, 0.3) is 0 Å². The van der Waals surface area contributed by atoms with Crippen molar-refractivity contribution in [2.75, 3.05) is 19.5 Å². The first kappa shape index (κ1) is 9.82. The predicted octanol–water partition coefficient (Wildman–Crippen LogP) is -0.000700. The fourth-order valence-electron chi connectivity index (χ4n) is 0.742. The summed E-state index contributed by atoms with van der Waals surface area (Å²) >= 11 is 4.74. The number of nitrogens with one attached hydrogen (secondary N) is 1. The molecular formula is C7H11N5S. The quantitative estimate of drug-likeness (QED) is 0.525. The van der Waals surface area contributed by atoms with Gasteiger partial charge in [0.2, 0.25) is 0 Å². The average Bonchev–Trinajstić information content (AvgIpc) is 2.04. The molecule has 0 saturated heterocycles. The highest BCUT2D eigenvalue weighted by Crippen LogP contribution is 2.00. The van der Waals surface area contributed by atoms with Crippen LogP contribution in [0, 0.1) is 0 Å². The Morgan fingerprint density at radius 1 is 1.46 bits per heavy atom.